The maximum atomic E-state index is 12.6. The SMILES string of the molecule is CCOc1ccc(S(=O)(=O)N[C@H](C)C(=O)Nc2ccc(Cl)cc2Cl)cc1C. The molecule has 0 aliphatic rings. The van der Waals surface area contributed by atoms with Crippen molar-refractivity contribution in [3.05, 3.63) is 52.0 Å². The third-order valence-electron chi connectivity index (χ3n) is 3.67. The fraction of sp³-hybridized carbons (Fsp3) is 0.278. The zero-order valence-electron chi connectivity index (χ0n) is 15.0. The van der Waals surface area contributed by atoms with Crippen molar-refractivity contribution >= 4 is 44.8 Å². The smallest absolute Gasteiger partial charge is 0.242 e. The minimum absolute atomic E-state index is 0.0487. The third-order valence-corrected chi connectivity index (χ3v) is 5.76. The summed E-state index contributed by atoms with van der Waals surface area (Å²) in [7, 11) is -3.89. The Morgan fingerprint density at radius 2 is 1.89 bits per heavy atom. The molecule has 2 aromatic rings. The summed E-state index contributed by atoms with van der Waals surface area (Å²) in [5, 5.41) is 3.26. The Morgan fingerprint density at radius 3 is 2.48 bits per heavy atom. The van der Waals surface area contributed by atoms with Crippen molar-refractivity contribution < 1.29 is 17.9 Å². The highest BCUT2D eigenvalue weighted by molar-refractivity contribution is 7.89. The Morgan fingerprint density at radius 1 is 1.19 bits per heavy atom. The second kappa shape index (κ2) is 8.93. The van der Waals surface area contributed by atoms with Crippen molar-refractivity contribution in [2.24, 2.45) is 0 Å². The number of anilines is 1. The van der Waals surface area contributed by atoms with Gasteiger partial charge in [-0.05, 0) is 62.7 Å². The number of hydrogen-bond donors (Lipinski definition) is 2. The molecule has 0 aliphatic heterocycles. The maximum absolute atomic E-state index is 12.6. The van der Waals surface area contributed by atoms with Crippen LogP contribution in [0.3, 0.4) is 0 Å². The van der Waals surface area contributed by atoms with Crippen LogP contribution < -0.4 is 14.8 Å². The Hall–Kier alpha value is -1.80. The summed E-state index contributed by atoms with van der Waals surface area (Å²) in [4.78, 5) is 12.4. The number of sulfonamides is 1. The van der Waals surface area contributed by atoms with Gasteiger partial charge >= 0.3 is 0 Å². The van der Waals surface area contributed by atoms with Gasteiger partial charge in [-0.15, -0.1) is 0 Å². The van der Waals surface area contributed by atoms with Crippen molar-refractivity contribution in [2.45, 2.75) is 31.7 Å². The predicted octanol–water partition coefficient (Wildman–Crippen LogP) is 4.01. The van der Waals surface area contributed by atoms with E-state index in [0.29, 0.717) is 28.6 Å². The van der Waals surface area contributed by atoms with Crippen molar-refractivity contribution in [3.8, 4) is 5.75 Å². The van der Waals surface area contributed by atoms with Crippen LogP contribution in [0.2, 0.25) is 10.0 Å². The number of carbonyl (C=O) groups is 1. The van der Waals surface area contributed by atoms with Crippen LogP contribution in [0.15, 0.2) is 41.3 Å². The summed E-state index contributed by atoms with van der Waals surface area (Å²) in [5.74, 6) is 0.0603. The van der Waals surface area contributed by atoms with Gasteiger partial charge in [-0.3, -0.25) is 4.79 Å². The quantitative estimate of drug-likeness (QED) is 0.694. The zero-order chi connectivity index (χ0) is 20.2. The first-order valence-electron chi connectivity index (χ1n) is 8.15. The topological polar surface area (TPSA) is 84.5 Å². The maximum Gasteiger partial charge on any atom is 0.242 e. The molecule has 0 spiro atoms. The summed E-state index contributed by atoms with van der Waals surface area (Å²) in [6.45, 7) is 5.52. The number of carbonyl (C=O) groups excluding carboxylic acids is 1. The van der Waals surface area contributed by atoms with Crippen LogP contribution in [0.25, 0.3) is 0 Å². The van der Waals surface area contributed by atoms with Gasteiger partial charge in [0.05, 0.1) is 28.3 Å². The van der Waals surface area contributed by atoms with Gasteiger partial charge in [-0.1, -0.05) is 23.2 Å². The van der Waals surface area contributed by atoms with Gasteiger partial charge in [-0.2, -0.15) is 4.72 Å². The van der Waals surface area contributed by atoms with E-state index in [-0.39, 0.29) is 9.92 Å². The minimum atomic E-state index is -3.89. The highest BCUT2D eigenvalue weighted by Gasteiger charge is 2.23. The molecule has 0 saturated carbocycles. The molecule has 0 fully saturated rings. The van der Waals surface area contributed by atoms with E-state index in [4.69, 9.17) is 27.9 Å². The highest BCUT2D eigenvalue weighted by Crippen LogP contribution is 2.26. The lowest BCUT2D eigenvalue weighted by Crippen LogP contribution is -2.41. The van der Waals surface area contributed by atoms with E-state index < -0.39 is 22.0 Å². The number of ether oxygens (including phenoxy) is 1. The van der Waals surface area contributed by atoms with Gasteiger partial charge in [0.15, 0.2) is 0 Å². The zero-order valence-corrected chi connectivity index (χ0v) is 17.4. The van der Waals surface area contributed by atoms with E-state index in [0.717, 1.165) is 0 Å². The molecular formula is C18H20Cl2N2O4S. The molecule has 0 saturated heterocycles. The van der Waals surface area contributed by atoms with E-state index in [1.54, 1.807) is 25.1 Å². The Labute approximate surface area is 168 Å². The predicted molar refractivity (Wildman–Crippen MR) is 107 cm³/mol. The van der Waals surface area contributed by atoms with Crippen LogP contribution in [-0.4, -0.2) is 27.0 Å². The van der Waals surface area contributed by atoms with Crippen molar-refractivity contribution in [1.82, 2.24) is 4.72 Å². The van der Waals surface area contributed by atoms with Crippen LogP contribution in [0, 0.1) is 6.92 Å². The van der Waals surface area contributed by atoms with Gasteiger partial charge in [0.25, 0.3) is 0 Å². The molecule has 146 valence electrons. The van der Waals surface area contributed by atoms with Crippen molar-refractivity contribution in [2.75, 3.05) is 11.9 Å². The largest absolute Gasteiger partial charge is 0.494 e. The Balaban J connectivity index is 2.12. The van der Waals surface area contributed by atoms with Gasteiger partial charge in [0.2, 0.25) is 15.9 Å². The molecular weight excluding hydrogens is 411 g/mol. The number of amides is 1. The molecule has 0 aromatic heterocycles. The molecule has 27 heavy (non-hydrogen) atoms. The number of rotatable bonds is 7. The number of aryl methyl sites for hydroxylation is 1. The third kappa shape index (κ3) is 5.59. The number of halogens is 2. The number of nitrogens with one attached hydrogen (secondary N) is 2. The van der Waals surface area contributed by atoms with Crippen molar-refractivity contribution in [1.29, 1.82) is 0 Å². The van der Waals surface area contributed by atoms with Crippen LogP contribution >= 0.6 is 23.2 Å². The van der Waals surface area contributed by atoms with Crippen LogP contribution in [0.1, 0.15) is 19.4 Å². The van der Waals surface area contributed by atoms with E-state index in [1.807, 2.05) is 6.92 Å². The number of hydrogen-bond acceptors (Lipinski definition) is 4. The molecule has 6 nitrogen and oxygen atoms in total. The molecule has 0 heterocycles. The minimum Gasteiger partial charge on any atom is -0.494 e. The molecule has 2 rings (SSSR count). The van der Waals surface area contributed by atoms with Crippen LogP contribution in [-0.2, 0) is 14.8 Å². The molecule has 0 radical (unpaired) electrons. The van der Waals surface area contributed by atoms with Gasteiger partial charge in [0.1, 0.15) is 5.75 Å². The molecule has 9 heteroatoms. The first-order chi connectivity index (χ1) is 12.6. The standard InChI is InChI=1S/C18H20Cl2N2O4S/c1-4-26-17-8-6-14(9-11(17)2)27(24,25)22-12(3)18(23)21-16-7-5-13(19)10-15(16)20/h5-10,12,22H,4H2,1-3H3,(H,21,23)/t12-/m1/s1. The van der Waals surface area contributed by atoms with E-state index >= 15 is 0 Å². The average molecular weight is 431 g/mol. The lowest BCUT2D eigenvalue weighted by atomic mass is 10.2. The summed E-state index contributed by atoms with van der Waals surface area (Å²) in [5.41, 5.74) is 1.03. The molecule has 0 bridgehead atoms. The van der Waals surface area contributed by atoms with Crippen LogP contribution in [0.5, 0.6) is 5.75 Å². The molecule has 2 N–H and O–H groups in total. The summed E-state index contributed by atoms with van der Waals surface area (Å²) >= 11 is 11.8. The molecule has 0 unspecified atom stereocenters. The first-order valence-corrected chi connectivity index (χ1v) is 10.4. The van der Waals surface area contributed by atoms with E-state index in [1.165, 1.54) is 25.1 Å². The second-order valence-corrected chi connectivity index (χ2v) is 8.37. The van der Waals surface area contributed by atoms with Crippen LogP contribution in [0.4, 0.5) is 5.69 Å². The summed E-state index contributed by atoms with van der Waals surface area (Å²) in [6, 6.07) is 8.09. The Bertz CT molecular complexity index is 948. The second-order valence-electron chi connectivity index (χ2n) is 5.82. The van der Waals surface area contributed by atoms with Crippen molar-refractivity contribution in [3.63, 3.8) is 0 Å². The van der Waals surface area contributed by atoms with Gasteiger partial charge < -0.3 is 10.1 Å². The monoisotopic (exact) mass is 430 g/mol. The molecule has 1 amide bonds. The van der Waals surface area contributed by atoms with E-state index in [2.05, 4.69) is 10.0 Å². The Kier molecular flexibility index (Phi) is 7.11. The lowest BCUT2D eigenvalue weighted by Gasteiger charge is -2.16. The summed E-state index contributed by atoms with van der Waals surface area (Å²) in [6.07, 6.45) is 0. The van der Waals surface area contributed by atoms with E-state index in [9.17, 15) is 13.2 Å². The molecule has 1 atom stereocenters. The lowest BCUT2D eigenvalue weighted by molar-refractivity contribution is -0.117. The fourth-order valence-corrected chi connectivity index (χ4v) is 4.04. The normalized spacial score (nSPS) is 12.5. The first kappa shape index (κ1) is 21.5. The molecule has 2 aromatic carbocycles. The average Bonchev–Trinajstić information content (AvgIpc) is 2.58. The van der Waals surface area contributed by atoms with Gasteiger partial charge in [0, 0.05) is 5.02 Å². The number of benzene rings is 2. The van der Waals surface area contributed by atoms with Gasteiger partial charge in [-0.25, -0.2) is 8.42 Å². The fourth-order valence-electron chi connectivity index (χ4n) is 2.29. The molecule has 0 aliphatic carbocycles. The highest BCUT2D eigenvalue weighted by atomic mass is 35.5. The summed E-state index contributed by atoms with van der Waals surface area (Å²) < 4.78 is 32.9.